The number of hydrogen-bond acceptors (Lipinski definition) is 5. The van der Waals surface area contributed by atoms with Crippen molar-refractivity contribution >= 4 is 0 Å². The Labute approximate surface area is 129 Å². The first-order valence-corrected chi connectivity index (χ1v) is 8.37. The van der Waals surface area contributed by atoms with Gasteiger partial charge in [0.1, 0.15) is 0 Å². The first kappa shape index (κ1) is 17.2. The van der Waals surface area contributed by atoms with Gasteiger partial charge in [-0.05, 0) is 25.3 Å². The third kappa shape index (κ3) is 5.49. The van der Waals surface area contributed by atoms with E-state index in [1.807, 2.05) is 0 Å². The molecular weight excluding hydrogens is 268 g/mol. The highest BCUT2D eigenvalue weighted by molar-refractivity contribution is 4.88. The predicted molar refractivity (Wildman–Crippen MR) is 83.5 cm³/mol. The topological polar surface area (TPSA) is 54.0 Å². The fraction of sp³-hybridized carbons (Fsp3) is 1.00. The van der Waals surface area contributed by atoms with Crippen LogP contribution in [0.15, 0.2) is 0 Å². The molecule has 5 heteroatoms. The number of hydrogen-bond donors (Lipinski definition) is 2. The smallest absolute Gasteiger partial charge is 0.0932 e. The van der Waals surface area contributed by atoms with Crippen LogP contribution >= 0.6 is 0 Å². The summed E-state index contributed by atoms with van der Waals surface area (Å²) in [7, 11) is 0. The van der Waals surface area contributed by atoms with E-state index in [0.717, 1.165) is 59.0 Å². The van der Waals surface area contributed by atoms with Gasteiger partial charge < -0.3 is 19.9 Å². The van der Waals surface area contributed by atoms with Crippen LogP contribution in [-0.2, 0) is 9.47 Å². The molecule has 0 radical (unpaired) electrons. The van der Waals surface area contributed by atoms with Crippen LogP contribution in [0.2, 0.25) is 0 Å². The zero-order chi connectivity index (χ0) is 15.1. The first-order valence-electron chi connectivity index (χ1n) is 8.37. The Morgan fingerprint density at radius 1 is 1.38 bits per heavy atom. The van der Waals surface area contributed by atoms with Crippen molar-refractivity contribution in [3.63, 3.8) is 0 Å². The van der Waals surface area contributed by atoms with Crippen molar-refractivity contribution in [3.8, 4) is 0 Å². The lowest BCUT2D eigenvalue weighted by atomic mass is 9.81. The van der Waals surface area contributed by atoms with Gasteiger partial charge in [-0.2, -0.15) is 0 Å². The van der Waals surface area contributed by atoms with Gasteiger partial charge in [-0.25, -0.2) is 0 Å². The lowest BCUT2D eigenvalue weighted by molar-refractivity contribution is -0.0810. The van der Waals surface area contributed by atoms with E-state index in [4.69, 9.17) is 9.47 Å². The molecule has 0 bridgehead atoms. The van der Waals surface area contributed by atoms with Crippen molar-refractivity contribution in [2.75, 3.05) is 59.2 Å². The van der Waals surface area contributed by atoms with Crippen molar-refractivity contribution in [2.45, 2.75) is 32.8 Å². The third-order valence-electron chi connectivity index (χ3n) is 4.44. The molecule has 5 nitrogen and oxygen atoms in total. The van der Waals surface area contributed by atoms with Gasteiger partial charge in [0.2, 0.25) is 0 Å². The molecular formula is C16H32N2O3. The quantitative estimate of drug-likeness (QED) is 0.726. The van der Waals surface area contributed by atoms with E-state index in [1.54, 1.807) is 0 Å². The third-order valence-corrected chi connectivity index (χ3v) is 4.44. The molecule has 2 aliphatic rings. The van der Waals surface area contributed by atoms with Crippen LogP contribution in [0.3, 0.4) is 0 Å². The summed E-state index contributed by atoms with van der Waals surface area (Å²) in [6, 6.07) is 0. The highest BCUT2D eigenvalue weighted by Gasteiger charge is 2.36. The van der Waals surface area contributed by atoms with Crippen molar-refractivity contribution < 1.29 is 14.6 Å². The Hall–Kier alpha value is -0.200. The summed E-state index contributed by atoms with van der Waals surface area (Å²) < 4.78 is 11.3. The number of ether oxygens (including phenoxy) is 2. The van der Waals surface area contributed by atoms with E-state index in [0.29, 0.717) is 5.92 Å². The van der Waals surface area contributed by atoms with Crippen LogP contribution in [0.25, 0.3) is 0 Å². The number of morpholine rings is 1. The average Bonchev–Trinajstić information content (AvgIpc) is 2.48. The number of nitrogens with one attached hydrogen (secondary N) is 1. The van der Waals surface area contributed by atoms with Gasteiger partial charge in [-0.1, -0.05) is 13.8 Å². The first-order chi connectivity index (χ1) is 10.1. The lowest BCUT2D eigenvalue weighted by Crippen LogP contribution is -2.53. The minimum Gasteiger partial charge on any atom is -0.394 e. The molecule has 0 aromatic heterocycles. The highest BCUT2D eigenvalue weighted by Crippen LogP contribution is 2.30. The van der Waals surface area contributed by atoms with E-state index >= 15 is 0 Å². The second-order valence-corrected chi connectivity index (χ2v) is 7.09. The van der Waals surface area contributed by atoms with E-state index in [1.165, 1.54) is 6.42 Å². The zero-order valence-corrected chi connectivity index (χ0v) is 13.6. The van der Waals surface area contributed by atoms with Crippen molar-refractivity contribution in [2.24, 2.45) is 11.3 Å². The van der Waals surface area contributed by atoms with Crippen LogP contribution in [0.1, 0.15) is 26.7 Å². The monoisotopic (exact) mass is 300 g/mol. The standard InChI is InChI=1S/C16H32N2O3/c1-14(2)8-17-11-16(4-3-6-20-13-16)12-18-5-7-21-15(9-18)10-19/h14-15,17,19H,3-13H2,1-2H3. The van der Waals surface area contributed by atoms with E-state index < -0.39 is 0 Å². The predicted octanol–water partition coefficient (Wildman–Crippen LogP) is 0.722. The molecule has 2 saturated heterocycles. The van der Waals surface area contributed by atoms with Crippen molar-refractivity contribution in [1.82, 2.24) is 10.2 Å². The molecule has 2 unspecified atom stereocenters. The van der Waals surface area contributed by atoms with Gasteiger partial charge >= 0.3 is 0 Å². The Balaban J connectivity index is 1.88. The number of aliphatic hydroxyl groups is 1. The van der Waals surface area contributed by atoms with Crippen LogP contribution in [0.4, 0.5) is 0 Å². The maximum atomic E-state index is 9.29. The number of rotatable bonds is 7. The molecule has 2 N–H and O–H groups in total. The van der Waals surface area contributed by atoms with E-state index in [9.17, 15) is 5.11 Å². The Bertz CT molecular complexity index is 293. The SMILES string of the molecule is CC(C)CNCC1(CN2CCOC(CO)C2)CCCOC1. The summed E-state index contributed by atoms with van der Waals surface area (Å²) in [5.41, 5.74) is 0.213. The molecule has 2 aliphatic heterocycles. The highest BCUT2D eigenvalue weighted by atomic mass is 16.5. The van der Waals surface area contributed by atoms with E-state index in [2.05, 4.69) is 24.1 Å². The second kappa shape index (κ2) is 8.44. The molecule has 0 amide bonds. The zero-order valence-electron chi connectivity index (χ0n) is 13.6. The summed E-state index contributed by atoms with van der Waals surface area (Å²) in [6.45, 7) is 12.0. The molecule has 124 valence electrons. The summed E-state index contributed by atoms with van der Waals surface area (Å²) in [5, 5.41) is 12.9. The molecule has 2 rings (SSSR count). The number of aliphatic hydroxyl groups excluding tert-OH is 1. The van der Waals surface area contributed by atoms with Gasteiger partial charge in [0, 0.05) is 38.2 Å². The van der Waals surface area contributed by atoms with Gasteiger partial charge in [-0.3, -0.25) is 4.90 Å². The summed E-state index contributed by atoms with van der Waals surface area (Å²) >= 11 is 0. The summed E-state index contributed by atoms with van der Waals surface area (Å²) in [4.78, 5) is 2.44. The molecule has 2 heterocycles. The fourth-order valence-electron chi connectivity index (χ4n) is 3.36. The summed E-state index contributed by atoms with van der Waals surface area (Å²) in [5.74, 6) is 0.675. The average molecular weight is 300 g/mol. The van der Waals surface area contributed by atoms with Gasteiger partial charge in [0.25, 0.3) is 0 Å². The minimum atomic E-state index is -0.0241. The molecule has 0 aliphatic carbocycles. The van der Waals surface area contributed by atoms with Crippen molar-refractivity contribution in [3.05, 3.63) is 0 Å². The van der Waals surface area contributed by atoms with Gasteiger partial charge in [0.05, 0.1) is 25.9 Å². The maximum absolute atomic E-state index is 9.29. The summed E-state index contributed by atoms with van der Waals surface area (Å²) in [6.07, 6.45) is 2.35. The Morgan fingerprint density at radius 2 is 2.24 bits per heavy atom. The maximum Gasteiger partial charge on any atom is 0.0932 e. The Kier molecular flexibility index (Phi) is 6.89. The molecule has 0 aromatic carbocycles. The lowest BCUT2D eigenvalue weighted by Gasteiger charge is -2.43. The van der Waals surface area contributed by atoms with Gasteiger partial charge in [0.15, 0.2) is 0 Å². The van der Waals surface area contributed by atoms with E-state index in [-0.39, 0.29) is 18.1 Å². The normalized spacial score (nSPS) is 31.7. The molecule has 21 heavy (non-hydrogen) atoms. The molecule has 2 atom stereocenters. The van der Waals surface area contributed by atoms with Gasteiger partial charge in [-0.15, -0.1) is 0 Å². The van der Waals surface area contributed by atoms with Crippen LogP contribution in [-0.4, -0.2) is 75.3 Å². The fourth-order valence-corrected chi connectivity index (χ4v) is 3.36. The number of nitrogens with zero attached hydrogens (tertiary/aromatic N) is 1. The molecule has 2 fully saturated rings. The molecule has 0 aromatic rings. The Morgan fingerprint density at radius 3 is 2.90 bits per heavy atom. The second-order valence-electron chi connectivity index (χ2n) is 7.09. The van der Waals surface area contributed by atoms with Crippen LogP contribution < -0.4 is 5.32 Å². The minimum absolute atomic E-state index is 0.0241. The molecule has 0 saturated carbocycles. The van der Waals surface area contributed by atoms with Crippen LogP contribution in [0.5, 0.6) is 0 Å². The van der Waals surface area contributed by atoms with Crippen molar-refractivity contribution in [1.29, 1.82) is 0 Å². The van der Waals surface area contributed by atoms with Crippen LogP contribution in [0, 0.1) is 11.3 Å². The largest absolute Gasteiger partial charge is 0.394 e. The molecule has 0 spiro atoms.